The maximum absolute atomic E-state index is 12.8. The van der Waals surface area contributed by atoms with Crippen LogP contribution in [0.4, 0.5) is 11.5 Å². The van der Waals surface area contributed by atoms with E-state index in [1.54, 1.807) is 18.5 Å². The molecule has 1 atom stereocenters. The molecule has 3 aromatic heterocycles. The molecule has 4 rings (SSSR count). The van der Waals surface area contributed by atoms with E-state index in [1.807, 2.05) is 0 Å². The minimum Gasteiger partial charge on any atom is -0.487 e. The number of hydrogen-bond acceptors (Lipinski definition) is 7. The van der Waals surface area contributed by atoms with E-state index in [0.29, 0.717) is 17.1 Å². The third-order valence-electron chi connectivity index (χ3n) is 4.30. The summed E-state index contributed by atoms with van der Waals surface area (Å²) < 4.78 is 7.44. The lowest BCUT2D eigenvalue weighted by Crippen LogP contribution is -2.37. The van der Waals surface area contributed by atoms with Gasteiger partial charge >= 0.3 is 0 Å². The number of nitrogens with two attached hydrogens (primary N) is 1. The molecule has 27 heavy (non-hydrogen) atoms. The predicted octanol–water partition coefficient (Wildman–Crippen LogP) is 1.74. The van der Waals surface area contributed by atoms with Crippen LogP contribution in [0.1, 0.15) is 23.2 Å². The van der Waals surface area contributed by atoms with Crippen molar-refractivity contribution in [3.05, 3.63) is 41.4 Å². The van der Waals surface area contributed by atoms with E-state index in [9.17, 15) is 4.79 Å². The molecule has 4 heterocycles. The van der Waals surface area contributed by atoms with Crippen molar-refractivity contribution in [1.82, 2.24) is 24.9 Å². The van der Waals surface area contributed by atoms with Gasteiger partial charge in [-0.3, -0.25) is 9.78 Å². The molecule has 1 fully saturated rings. The normalized spacial score (nSPS) is 17.0. The van der Waals surface area contributed by atoms with Crippen LogP contribution in [0.2, 0.25) is 5.02 Å². The summed E-state index contributed by atoms with van der Waals surface area (Å²) in [6.45, 7) is 1.77. The Labute approximate surface area is 159 Å². The van der Waals surface area contributed by atoms with Crippen LogP contribution >= 0.6 is 11.6 Å². The number of fused-ring (bicyclic) bond motifs is 1. The van der Waals surface area contributed by atoms with Crippen molar-refractivity contribution in [2.45, 2.75) is 18.9 Å². The molecule has 10 heteroatoms. The zero-order valence-corrected chi connectivity index (χ0v) is 15.1. The van der Waals surface area contributed by atoms with E-state index in [1.165, 1.54) is 16.9 Å². The summed E-state index contributed by atoms with van der Waals surface area (Å²) in [5.74, 6) is 0.312. The van der Waals surface area contributed by atoms with Crippen LogP contribution < -0.4 is 21.1 Å². The van der Waals surface area contributed by atoms with Gasteiger partial charge in [0, 0.05) is 18.8 Å². The van der Waals surface area contributed by atoms with E-state index in [2.05, 4.69) is 25.7 Å². The van der Waals surface area contributed by atoms with Gasteiger partial charge in [-0.1, -0.05) is 11.6 Å². The van der Waals surface area contributed by atoms with Crippen molar-refractivity contribution in [2.75, 3.05) is 24.1 Å². The van der Waals surface area contributed by atoms with E-state index < -0.39 is 0 Å². The summed E-state index contributed by atoms with van der Waals surface area (Å²) in [5.41, 5.74) is 6.81. The molecule has 0 spiro atoms. The first-order chi connectivity index (χ1) is 13.1. The van der Waals surface area contributed by atoms with Crippen molar-refractivity contribution in [2.24, 2.45) is 0 Å². The molecule has 140 valence electrons. The fraction of sp³-hybridized carbons (Fsp3) is 0.294. The lowest BCUT2D eigenvalue weighted by molar-refractivity contribution is 0.102. The van der Waals surface area contributed by atoms with Gasteiger partial charge in [0.15, 0.2) is 5.65 Å². The largest absolute Gasteiger partial charge is 0.487 e. The first-order valence-corrected chi connectivity index (χ1v) is 8.91. The first kappa shape index (κ1) is 17.5. The highest BCUT2D eigenvalue weighted by molar-refractivity contribution is 6.32. The number of carbonyl (C=O) groups excluding carboxylic acids is 1. The average molecular weight is 388 g/mol. The number of pyridine rings is 1. The second kappa shape index (κ2) is 7.37. The number of nitrogen functional groups attached to an aromatic ring is 1. The summed E-state index contributed by atoms with van der Waals surface area (Å²) in [5, 5.41) is 10.5. The standard InChI is InChI=1S/C17H18ClN7O2/c18-12-9-25-16(24-15(12)19)11(7-22-25)17(26)23-13-8-21-5-3-14(13)27-10-2-1-4-20-6-10/h3,5,7-10,20H,1-2,4,6H2,(H2,19,24)(H,23,26). The molecule has 1 unspecified atom stereocenters. The maximum atomic E-state index is 12.8. The molecule has 3 aromatic rings. The van der Waals surface area contributed by atoms with Gasteiger partial charge in [0.05, 0.1) is 18.6 Å². The summed E-state index contributed by atoms with van der Waals surface area (Å²) in [6, 6.07) is 1.73. The quantitative estimate of drug-likeness (QED) is 0.623. The van der Waals surface area contributed by atoms with Crippen molar-refractivity contribution < 1.29 is 9.53 Å². The molecule has 1 aliphatic rings. The number of anilines is 2. The van der Waals surface area contributed by atoms with Crippen LogP contribution in [0.25, 0.3) is 5.65 Å². The third-order valence-corrected chi connectivity index (χ3v) is 4.59. The second-order valence-corrected chi connectivity index (χ2v) is 6.62. The summed E-state index contributed by atoms with van der Waals surface area (Å²) >= 11 is 5.94. The minimum atomic E-state index is -0.390. The zero-order chi connectivity index (χ0) is 18.8. The smallest absolute Gasteiger partial charge is 0.261 e. The SMILES string of the molecule is Nc1nc2c(C(=O)Nc3cnccc3OC3CCCNC3)cnn2cc1Cl. The Hall–Kier alpha value is -2.91. The second-order valence-electron chi connectivity index (χ2n) is 6.21. The molecule has 0 saturated carbocycles. The molecular weight excluding hydrogens is 370 g/mol. The number of hydrogen-bond donors (Lipinski definition) is 3. The summed E-state index contributed by atoms with van der Waals surface area (Å²) in [6.07, 6.45) is 8.16. The number of halogens is 1. The molecule has 0 radical (unpaired) electrons. The molecule has 0 bridgehead atoms. The van der Waals surface area contributed by atoms with Crippen LogP contribution in [0.15, 0.2) is 30.9 Å². The Morgan fingerprint density at radius 1 is 1.44 bits per heavy atom. The van der Waals surface area contributed by atoms with E-state index in [4.69, 9.17) is 22.1 Å². The number of piperidine rings is 1. The number of nitrogens with one attached hydrogen (secondary N) is 2. The van der Waals surface area contributed by atoms with Crippen molar-refractivity contribution in [1.29, 1.82) is 0 Å². The van der Waals surface area contributed by atoms with Gasteiger partial charge < -0.3 is 21.1 Å². The lowest BCUT2D eigenvalue weighted by atomic mass is 10.1. The fourth-order valence-corrected chi connectivity index (χ4v) is 3.07. The highest BCUT2D eigenvalue weighted by Crippen LogP contribution is 2.26. The predicted molar refractivity (Wildman–Crippen MR) is 101 cm³/mol. The Kier molecular flexibility index (Phi) is 4.78. The highest BCUT2D eigenvalue weighted by atomic mass is 35.5. The number of nitrogens with zero attached hydrogens (tertiary/aromatic N) is 4. The van der Waals surface area contributed by atoms with Gasteiger partial charge in [-0.15, -0.1) is 0 Å². The minimum absolute atomic E-state index is 0.0531. The molecular formula is C17H18ClN7O2. The number of amides is 1. The number of carbonyl (C=O) groups is 1. The summed E-state index contributed by atoms with van der Waals surface area (Å²) in [7, 11) is 0. The average Bonchev–Trinajstić information content (AvgIpc) is 3.07. The number of ether oxygens (including phenoxy) is 1. The molecule has 1 amide bonds. The fourth-order valence-electron chi connectivity index (χ4n) is 2.93. The van der Waals surface area contributed by atoms with Crippen LogP contribution in [-0.4, -0.2) is 44.7 Å². The lowest BCUT2D eigenvalue weighted by Gasteiger charge is -2.24. The molecule has 1 aliphatic heterocycles. The molecule has 1 saturated heterocycles. The van der Waals surface area contributed by atoms with Crippen molar-refractivity contribution in [3.8, 4) is 5.75 Å². The maximum Gasteiger partial charge on any atom is 0.261 e. The van der Waals surface area contributed by atoms with Crippen LogP contribution in [0, 0.1) is 0 Å². The highest BCUT2D eigenvalue weighted by Gasteiger charge is 2.20. The molecule has 4 N–H and O–H groups in total. The van der Waals surface area contributed by atoms with Gasteiger partial charge in [0.25, 0.3) is 5.91 Å². The Balaban J connectivity index is 1.57. The van der Waals surface area contributed by atoms with Crippen molar-refractivity contribution >= 4 is 34.7 Å². The van der Waals surface area contributed by atoms with Gasteiger partial charge in [-0.25, -0.2) is 9.50 Å². The Bertz CT molecular complexity index is 985. The summed E-state index contributed by atoms with van der Waals surface area (Å²) in [4.78, 5) is 21.0. The van der Waals surface area contributed by atoms with Crippen LogP contribution in [0.5, 0.6) is 5.75 Å². The van der Waals surface area contributed by atoms with Crippen molar-refractivity contribution in [3.63, 3.8) is 0 Å². The van der Waals surface area contributed by atoms with Crippen LogP contribution in [0.3, 0.4) is 0 Å². The van der Waals surface area contributed by atoms with Gasteiger partial charge in [0.1, 0.15) is 33.9 Å². The Morgan fingerprint density at radius 3 is 3.15 bits per heavy atom. The monoisotopic (exact) mass is 387 g/mol. The number of aromatic nitrogens is 4. The molecule has 0 aliphatic carbocycles. The van der Waals surface area contributed by atoms with Crippen LogP contribution in [-0.2, 0) is 0 Å². The van der Waals surface area contributed by atoms with Gasteiger partial charge in [-0.05, 0) is 19.4 Å². The zero-order valence-electron chi connectivity index (χ0n) is 14.4. The van der Waals surface area contributed by atoms with E-state index in [0.717, 1.165) is 25.9 Å². The Morgan fingerprint density at radius 2 is 2.33 bits per heavy atom. The number of rotatable bonds is 4. The van der Waals surface area contributed by atoms with Gasteiger partial charge in [0.2, 0.25) is 0 Å². The topological polar surface area (TPSA) is 119 Å². The first-order valence-electron chi connectivity index (χ1n) is 8.54. The van der Waals surface area contributed by atoms with E-state index in [-0.39, 0.29) is 28.4 Å². The molecule has 0 aromatic carbocycles. The van der Waals surface area contributed by atoms with Gasteiger partial charge in [-0.2, -0.15) is 5.10 Å². The molecule has 9 nitrogen and oxygen atoms in total. The van der Waals surface area contributed by atoms with E-state index >= 15 is 0 Å². The third kappa shape index (κ3) is 3.64.